The maximum atomic E-state index is 5.84. The lowest BCUT2D eigenvalue weighted by atomic mass is 10.1. The summed E-state index contributed by atoms with van der Waals surface area (Å²) in [7, 11) is 0. The van der Waals surface area contributed by atoms with Gasteiger partial charge in [0.25, 0.3) is 0 Å². The second-order valence-electron chi connectivity index (χ2n) is 6.68. The highest BCUT2D eigenvalue weighted by atomic mass is 32.1. The molecule has 0 bridgehead atoms. The van der Waals surface area contributed by atoms with E-state index in [1.165, 1.54) is 16.7 Å². The van der Waals surface area contributed by atoms with Crippen LogP contribution in [0.1, 0.15) is 29.5 Å². The van der Waals surface area contributed by atoms with Crippen LogP contribution in [-0.4, -0.2) is 29.3 Å². The summed E-state index contributed by atoms with van der Waals surface area (Å²) in [6.07, 6.45) is 2.51. The number of ether oxygens (including phenoxy) is 1. The molecule has 0 spiro atoms. The van der Waals surface area contributed by atoms with Crippen molar-refractivity contribution in [2.45, 2.75) is 39.3 Å². The molecule has 1 aliphatic heterocycles. The highest BCUT2D eigenvalue weighted by molar-refractivity contribution is 7.80. The lowest BCUT2D eigenvalue weighted by molar-refractivity contribution is 0.0905. The zero-order valence-corrected chi connectivity index (χ0v) is 15.8. The molecule has 0 aliphatic carbocycles. The van der Waals surface area contributed by atoms with Crippen molar-refractivity contribution in [1.29, 1.82) is 0 Å². The molecular formula is C21H26N2OS. The smallest absolute Gasteiger partial charge is 0.173 e. The number of rotatable bonds is 5. The maximum absolute atomic E-state index is 5.84. The number of nitrogens with zero attached hydrogens (tertiary/aromatic N) is 1. The van der Waals surface area contributed by atoms with Gasteiger partial charge >= 0.3 is 0 Å². The lowest BCUT2D eigenvalue weighted by Gasteiger charge is -2.29. The van der Waals surface area contributed by atoms with Crippen molar-refractivity contribution >= 4 is 23.0 Å². The molecule has 4 heteroatoms. The molecule has 0 radical (unpaired) electrons. The van der Waals surface area contributed by atoms with Crippen LogP contribution in [0.3, 0.4) is 0 Å². The Morgan fingerprint density at radius 1 is 1.16 bits per heavy atom. The number of nitrogens with one attached hydrogen (secondary N) is 1. The minimum atomic E-state index is 0.266. The Kier molecular flexibility index (Phi) is 6.05. The fourth-order valence-corrected chi connectivity index (χ4v) is 3.39. The second kappa shape index (κ2) is 8.45. The van der Waals surface area contributed by atoms with Crippen molar-refractivity contribution in [3.05, 3.63) is 65.2 Å². The van der Waals surface area contributed by atoms with Crippen LogP contribution in [0.5, 0.6) is 0 Å². The van der Waals surface area contributed by atoms with E-state index in [2.05, 4.69) is 66.5 Å². The summed E-state index contributed by atoms with van der Waals surface area (Å²) in [6, 6.07) is 16.7. The quantitative estimate of drug-likeness (QED) is 0.788. The van der Waals surface area contributed by atoms with Gasteiger partial charge < -0.3 is 15.0 Å². The molecule has 0 saturated carbocycles. The van der Waals surface area contributed by atoms with E-state index >= 15 is 0 Å². The Labute approximate surface area is 156 Å². The van der Waals surface area contributed by atoms with Gasteiger partial charge in [0.05, 0.1) is 6.10 Å². The first-order valence-electron chi connectivity index (χ1n) is 8.91. The number of anilines is 1. The lowest BCUT2D eigenvalue weighted by Crippen LogP contribution is -2.39. The topological polar surface area (TPSA) is 24.5 Å². The van der Waals surface area contributed by atoms with E-state index < -0.39 is 0 Å². The molecule has 2 aromatic rings. The molecule has 0 unspecified atom stereocenters. The van der Waals surface area contributed by atoms with Gasteiger partial charge in [0, 0.05) is 25.4 Å². The van der Waals surface area contributed by atoms with Gasteiger partial charge in [-0.2, -0.15) is 0 Å². The number of hydrogen-bond donors (Lipinski definition) is 1. The molecule has 1 atom stereocenters. The summed E-state index contributed by atoms with van der Waals surface area (Å²) in [5, 5.41) is 4.20. The van der Waals surface area contributed by atoms with Crippen LogP contribution in [-0.2, 0) is 11.3 Å². The van der Waals surface area contributed by atoms with Gasteiger partial charge in [-0.3, -0.25) is 0 Å². The Bertz CT molecular complexity index is 711. The molecule has 1 N–H and O–H groups in total. The van der Waals surface area contributed by atoms with E-state index in [-0.39, 0.29) is 6.10 Å². The molecule has 0 aromatic heterocycles. The SMILES string of the molecule is Cc1cccc(NC(=S)N(Cc2ccccc2)C[C@@H]2CCCO2)c1C. The van der Waals surface area contributed by atoms with Gasteiger partial charge in [-0.05, 0) is 61.7 Å². The summed E-state index contributed by atoms with van der Waals surface area (Å²) >= 11 is 5.75. The molecule has 1 fully saturated rings. The molecule has 2 aromatic carbocycles. The maximum Gasteiger partial charge on any atom is 0.173 e. The Hall–Kier alpha value is -1.91. The summed E-state index contributed by atoms with van der Waals surface area (Å²) in [6.45, 7) is 6.73. The first-order chi connectivity index (χ1) is 12.1. The molecular weight excluding hydrogens is 328 g/mol. The van der Waals surface area contributed by atoms with Crippen molar-refractivity contribution in [3.8, 4) is 0 Å². The predicted octanol–water partition coefficient (Wildman–Crippen LogP) is 4.68. The van der Waals surface area contributed by atoms with E-state index in [1.807, 2.05) is 6.07 Å². The molecule has 132 valence electrons. The fourth-order valence-electron chi connectivity index (χ4n) is 3.14. The summed E-state index contributed by atoms with van der Waals surface area (Å²) in [4.78, 5) is 2.22. The third-order valence-electron chi connectivity index (χ3n) is 4.80. The fraction of sp³-hybridized carbons (Fsp3) is 0.381. The first kappa shape index (κ1) is 17.9. The van der Waals surface area contributed by atoms with Crippen molar-refractivity contribution in [2.75, 3.05) is 18.5 Å². The third kappa shape index (κ3) is 4.80. The minimum Gasteiger partial charge on any atom is -0.376 e. The van der Waals surface area contributed by atoms with Crippen molar-refractivity contribution in [3.63, 3.8) is 0 Å². The molecule has 1 aliphatic rings. The van der Waals surface area contributed by atoms with E-state index in [9.17, 15) is 0 Å². The minimum absolute atomic E-state index is 0.266. The largest absolute Gasteiger partial charge is 0.376 e. The van der Waals surface area contributed by atoms with E-state index in [0.717, 1.165) is 43.3 Å². The Morgan fingerprint density at radius 2 is 1.96 bits per heavy atom. The Balaban J connectivity index is 1.74. The van der Waals surface area contributed by atoms with Crippen molar-refractivity contribution in [1.82, 2.24) is 4.90 Å². The zero-order valence-electron chi connectivity index (χ0n) is 15.0. The highest BCUT2D eigenvalue weighted by Crippen LogP contribution is 2.20. The van der Waals surface area contributed by atoms with Gasteiger partial charge in [0.15, 0.2) is 5.11 Å². The normalized spacial score (nSPS) is 16.6. The first-order valence-corrected chi connectivity index (χ1v) is 9.32. The van der Waals surface area contributed by atoms with Gasteiger partial charge in [-0.1, -0.05) is 42.5 Å². The third-order valence-corrected chi connectivity index (χ3v) is 5.16. The molecule has 3 rings (SSSR count). The number of hydrogen-bond acceptors (Lipinski definition) is 2. The van der Waals surface area contributed by atoms with Crippen LogP contribution in [0.2, 0.25) is 0 Å². The standard InChI is InChI=1S/C21H26N2OS/c1-16-8-6-12-20(17(16)2)22-21(25)23(15-19-11-7-13-24-19)14-18-9-4-3-5-10-18/h3-6,8-10,12,19H,7,11,13-15H2,1-2H3,(H,22,25)/t19-/m0/s1. The number of thiocarbonyl (C=S) groups is 1. The molecule has 25 heavy (non-hydrogen) atoms. The van der Waals surface area contributed by atoms with E-state index in [0.29, 0.717) is 0 Å². The summed E-state index contributed by atoms with van der Waals surface area (Å²) < 4.78 is 5.84. The molecule has 1 saturated heterocycles. The highest BCUT2D eigenvalue weighted by Gasteiger charge is 2.21. The average molecular weight is 355 g/mol. The van der Waals surface area contributed by atoms with Gasteiger partial charge in [-0.15, -0.1) is 0 Å². The molecule has 1 heterocycles. The van der Waals surface area contributed by atoms with Gasteiger partial charge in [-0.25, -0.2) is 0 Å². The number of aryl methyl sites for hydroxylation is 1. The van der Waals surface area contributed by atoms with Gasteiger partial charge in [0.1, 0.15) is 0 Å². The van der Waals surface area contributed by atoms with Crippen LogP contribution in [0.4, 0.5) is 5.69 Å². The van der Waals surface area contributed by atoms with E-state index in [1.54, 1.807) is 0 Å². The zero-order chi connectivity index (χ0) is 17.6. The molecule has 0 amide bonds. The second-order valence-corrected chi connectivity index (χ2v) is 7.07. The van der Waals surface area contributed by atoms with Crippen LogP contribution in [0, 0.1) is 13.8 Å². The Morgan fingerprint density at radius 3 is 2.68 bits per heavy atom. The predicted molar refractivity (Wildman–Crippen MR) is 108 cm³/mol. The number of benzene rings is 2. The van der Waals surface area contributed by atoms with E-state index in [4.69, 9.17) is 17.0 Å². The van der Waals surface area contributed by atoms with Crippen molar-refractivity contribution in [2.24, 2.45) is 0 Å². The van der Waals surface area contributed by atoms with Crippen LogP contribution >= 0.6 is 12.2 Å². The molecule has 3 nitrogen and oxygen atoms in total. The van der Waals surface area contributed by atoms with Crippen LogP contribution in [0.25, 0.3) is 0 Å². The summed E-state index contributed by atoms with van der Waals surface area (Å²) in [5.41, 5.74) is 4.84. The van der Waals surface area contributed by atoms with Crippen LogP contribution < -0.4 is 5.32 Å². The summed E-state index contributed by atoms with van der Waals surface area (Å²) in [5.74, 6) is 0. The van der Waals surface area contributed by atoms with Gasteiger partial charge in [0.2, 0.25) is 0 Å². The average Bonchev–Trinajstić information content (AvgIpc) is 3.12. The monoisotopic (exact) mass is 354 g/mol. The van der Waals surface area contributed by atoms with Crippen LogP contribution in [0.15, 0.2) is 48.5 Å². The van der Waals surface area contributed by atoms with Crippen molar-refractivity contribution < 1.29 is 4.74 Å².